The Hall–Kier alpha value is 3.15. The summed E-state index contributed by atoms with van der Waals surface area (Å²) in [5, 5.41) is 0. The average molecular weight is 657 g/mol. The average Bonchev–Trinajstić information content (AvgIpc) is 1.94. The van der Waals surface area contributed by atoms with E-state index in [1.54, 1.807) is 0 Å². The van der Waals surface area contributed by atoms with E-state index in [0.717, 1.165) is 0 Å². The summed E-state index contributed by atoms with van der Waals surface area (Å²) in [7, 11) is 0. The van der Waals surface area contributed by atoms with Crippen molar-refractivity contribution in [2.75, 3.05) is 0 Å². The van der Waals surface area contributed by atoms with Gasteiger partial charge in [-0.05, 0) is 0 Å². The van der Waals surface area contributed by atoms with Crippen molar-refractivity contribution in [2.45, 2.75) is 0 Å². The van der Waals surface area contributed by atoms with Crippen LogP contribution in [0.2, 0.25) is 0 Å². The quantitative estimate of drug-likeness (QED) is 0.188. The fourth-order valence-corrected chi connectivity index (χ4v) is 0. The standard InChI is InChI=1S/6Al.24FH.K/h;;;;;;24*1H;/q6*+3;;;;;;;;;;;;;;;;;;;;;;;;;/p-24. The maximum Gasteiger partial charge on any atom is 1.04 e. The van der Waals surface area contributed by atoms with Gasteiger partial charge in [-0.3, -0.25) is 0 Å². The van der Waals surface area contributed by atoms with Crippen molar-refractivity contribution in [3.8, 4) is 0 Å². The van der Waals surface area contributed by atoms with Crippen molar-refractivity contribution in [3.63, 3.8) is 0 Å². The van der Waals surface area contributed by atoms with Crippen LogP contribution in [0, 0.1) is 0 Å². The zero-order valence-electron chi connectivity index (χ0n) is 13.5. The first-order valence-corrected chi connectivity index (χ1v) is 15.7. The smallest absolute Gasteiger partial charge is 0.510 e. The van der Waals surface area contributed by atoms with Gasteiger partial charge in [-0.25, -0.2) is 0 Å². The molecule has 0 fully saturated rings. The van der Waals surface area contributed by atoms with Gasteiger partial charge in [0.2, 0.25) is 0 Å². The Labute approximate surface area is 222 Å². The van der Waals surface area contributed by atoms with Gasteiger partial charge in [0.15, 0.2) is 0 Å². The van der Waals surface area contributed by atoms with Gasteiger partial charge < -0.3 is 84.6 Å². The van der Waals surface area contributed by atoms with E-state index in [9.17, 15) is 84.6 Å². The summed E-state index contributed by atoms with van der Waals surface area (Å²) in [4.78, 5) is 0. The number of rotatable bonds is 0. The zero-order valence-corrected chi connectivity index (χ0v) is 23.6. The minimum Gasteiger partial charge on any atom is -0.510 e. The second-order valence-corrected chi connectivity index (χ2v) is 8.91. The van der Waals surface area contributed by atoms with E-state index in [1.807, 2.05) is 0 Å². The van der Waals surface area contributed by atoms with Gasteiger partial charge in [-0.15, -0.1) is 0 Å². The van der Waals surface area contributed by atoms with Gasteiger partial charge in [0, 0.05) is 51.4 Å². The molecule has 0 aromatic heterocycles. The van der Waals surface area contributed by atoms with Crippen molar-refractivity contribution in [3.05, 3.63) is 0 Å². The minimum atomic E-state index is -6.83. The SMILES string of the molecule is [F][Al-]([F])([F])[F].[F][Al-]([F])([F])[F].[F][Al-]([F])([F])[F].[F][Al-]([F])([F])[F].[F][Al-]([F])([F])[F].[F][Al-]([F])([F])[F].[K]. The Balaban J connectivity index is -0.0000000443. The predicted octanol–water partition coefficient (Wildman–Crippen LogP) is 7.42. The first-order chi connectivity index (χ1) is 12.0. The summed E-state index contributed by atoms with van der Waals surface area (Å²) in [5.41, 5.74) is 0. The van der Waals surface area contributed by atoms with Gasteiger partial charge >= 0.3 is 89.5 Å². The molecule has 0 aromatic rings. The van der Waals surface area contributed by atoms with E-state index in [4.69, 9.17) is 0 Å². The largest absolute Gasteiger partial charge is 1.04 e. The molecule has 0 amide bonds. The van der Waals surface area contributed by atoms with E-state index >= 15 is 0 Å². The Bertz CT molecular complexity index is 214. The maximum absolute atomic E-state index is 9.85. The molecule has 0 nitrogen and oxygen atoms in total. The molecule has 0 aliphatic carbocycles. The van der Waals surface area contributed by atoms with Crippen molar-refractivity contribution < 1.29 is 84.6 Å². The van der Waals surface area contributed by atoms with Crippen molar-refractivity contribution in [1.82, 2.24) is 0 Å². The van der Waals surface area contributed by atoms with Gasteiger partial charge in [0.05, 0.1) is 0 Å². The summed E-state index contributed by atoms with van der Waals surface area (Å²) in [6, 6.07) is 0. The predicted molar refractivity (Wildman–Crippen MR) is 66.9 cm³/mol. The van der Waals surface area contributed by atoms with Crippen LogP contribution >= 0.6 is 0 Å². The van der Waals surface area contributed by atoms with Gasteiger partial charge in [0.25, 0.3) is 0 Å². The summed E-state index contributed by atoms with van der Waals surface area (Å²) in [6.45, 7) is 0. The molecule has 0 aliphatic rings. The Morgan fingerprint density at radius 1 is 0.161 bits per heavy atom. The minimum absolute atomic E-state index is 0. The molecule has 0 aliphatic heterocycles. The van der Waals surface area contributed by atoms with Gasteiger partial charge in [0.1, 0.15) is 0 Å². The summed E-state index contributed by atoms with van der Waals surface area (Å²) < 4.78 is 236. The van der Waals surface area contributed by atoms with E-state index in [-0.39, 0.29) is 51.4 Å². The number of halogens is 24. The van der Waals surface area contributed by atoms with Gasteiger partial charge in [-0.1, -0.05) is 0 Å². The maximum atomic E-state index is 9.85. The van der Waals surface area contributed by atoms with Crippen LogP contribution in [0.25, 0.3) is 0 Å². The van der Waals surface area contributed by atoms with Crippen molar-refractivity contribution >= 4 is 141 Å². The molecule has 0 saturated heterocycles. The topological polar surface area (TPSA) is 0 Å². The third kappa shape index (κ3) is 3240. The fraction of sp³-hybridized carbons (Fsp3) is 0. The molecule has 0 N–H and O–H groups in total. The molecule has 1 radical (unpaired) electrons. The molecular weight excluding hydrogens is 657 g/mol. The van der Waals surface area contributed by atoms with Crippen LogP contribution < -0.4 is 0 Å². The second kappa shape index (κ2) is 22.4. The Morgan fingerprint density at radius 3 is 0.161 bits per heavy atom. The van der Waals surface area contributed by atoms with Crippen LogP contribution in [-0.2, 0) is 0 Å². The first kappa shape index (κ1) is 50.9. The molecule has 0 bridgehead atoms. The number of hydrogen-bond donors (Lipinski definition) is 0. The van der Waals surface area contributed by atoms with Crippen LogP contribution in [-0.4, -0.2) is 141 Å². The molecule has 31 heavy (non-hydrogen) atoms. The van der Waals surface area contributed by atoms with Crippen LogP contribution in [0.15, 0.2) is 0 Å². The van der Waals surface area contributed by atoms with Gasteiger partial charge in [-0.2, -0.15) is 0 Å². The molecular formula is Al6F24K-6. The first-order valence-electron chi connectivity index (χ1n) is 5.24. The normalized spacial score (nSPS) is 11.6. The molecule has 193 valence electrons. The van der Waals surface area contributed by atoms with Crippen LogP contribution in [0.5, 0.6) is 0 Å². The van der Waals surface area contributed by atoms with E-state index in [0.29, 0.717) is 0 Å². The molecule has 0 rings (SSSR count). The molecule has 0 heterocycles. The molecule has 0 saturated carbocycles. The van der Waals surface area contributed by atoms with Crippen LogP contribution in [0.1, 0.15) is 0 Å². The van der Waals surface area contributed by atoms with E-state index in [2.05, 4.69) is 0 Å². The third-order valence-corrected chi connectivity index (χ3v) is 0. The molecule has 0 unspecified atom stereocenters. The number of hydrogen-bond acceptors (Lipinski definition) is 0. The summed E-state index contributed by atoms with van der Waals surface area (Å²) >= 11 is -41.0. The fourth-order valence-electron chi connectivity index (χ4n) is 0. The third-order valence-electron chi connectivity index (χ3n) is 0. The van der Waals surface area contributed by atoms with Crippen molar-refractivity contribution in [2.24, 2.45) is 0 Å². The molecule has 31 heteroatoms. The molecule has 0 spiro atoms. The Morgan fingerprint density at radius 2 is 0.161 bits per heavy atom. The van der Waals surface area contributed by atoms with Crippen molar-refractivity contribution in [1.29, 1.82) is 0 Å². The van der Waals surface area contributed by atoms with Crippen LogP contribution in [0.4, 0.5) is 84.6 Å². The second-order valence-electron chi connectivity index (χ2n) is 2.97. The van der Waals surface area contributed by atoms with E-state index < -0.39 is 89.5 Å². The zero-order chi connectivity index (χ0) is 27.0. The monoisotopic (exact) mass is 657 g/mol. The summed E-state index contributed by atoms with van der Waals surface area (Å²) in [5.74, 6) is 0. The summed E-state index contributed by atoms with van der Waals surface area (Å²) in [6.07, 6.45) is 0. The molecule has 0 atom stereocenters. The Kier molecular flexibility index (Phi) is 36.7. The van der Waals surface area contributed by atoms with Crippen LogP contribution in [0.3, 0.4) is 0 Å². The molecule has 0 aromatic carbocycles. The van der Waals surface area contributed by atoms with E-state index in [1.165, 1.54) is 0 Å².